The second-order valence-corrected chi connectivity index (χ2v) is 6.32. The second kappa shape index (κ2) is 7.07. The zero-order valence-corrected chi connectivity index (χ0v) is 12.1. The van der Waals surface area contributed by atoms with E-state index in [1.54, 1.807) is 0 Å². The fourth-order valence-corrected chi connectivity index (χ4v) is 3.48. The van der Waals surface area contributed by atoms with Crippen LogP contribution in [0.15, 0.2) is 0 Å². The maximum Gasteiger partial charge on any atom is 0.303 e. The Bertz CT molecular complexity index is 351. The van der Waals surface area contributed by atoms with Gasteiger partial charge in [0.25, 0.3) is 0 Å². The molecule has 114 valence electrons. The number of hydrogen-bond donors (Lipinski definition) is 2. The quantitative estimate of drug-likeness (QED) is 0.820. The van der Waals surface area contributed by atoms with Crippen LogP contribution >= 0.6 is 0 Å². The molecular formula is C15H26N2O3. The Morgan fingerprint density at radius 2 is 1.85 bits per heavy atom. The number of carboxylic acid groups (broad SMARTS) is 1. The number of amides is 1. The van der Waals surface area contributed by atoms with Gasteiger partial charge < -0.3 is 15.7 Å². The van der Waals surface area contributed by atoms with Crippen molar-refractivity contribution in [2.45, 2.75) is 57.4 Å². The number of nitrogens with two attached hydrogens (primary N) is 1. The highest BCUT2D eigenvalue weighted by Gasteiger charge is 2.31. The molecule has 2 unspecified atom stereocenters. The normalized spacial score (nSPS) is 28.4. The zero-order valence-electron chi connectivity index (χ0n) is 12.1. The molecule has 3 N–H and O–H groups in total. The number of nitrogens with zero attached hydrogens (tertiary/aromatic N) is 1. The van der Waals surface area contributed by atoms with Gasteiger partial charge >= 0.3 is 5.97 Å². The van der Waals surface area contributed by atoms with Crippen LogP contribution in [0.5, 0.6) is 0 Å². The van der Waals surface area contributed by atoms with Gasteiger partial charge in [-0.05, 0) is 44.4 Å². The number of piperidine rings is 1. The van der Waals surface area contributed by atoms with Gasteiger partial charge in [-0.25, -0.2) is 0 Å². The first-order valence-electron chi connectivity index (χ1n) is 7.82. The SMILES string of the molecule is NC1CCCC(C(=O)N2CCC(CCC(=O)O)CC2)C1. The molecule has 2 fully saturated rings. The minimum atomic E-state index is -0.723. The predicted molar refractivity (Wildman–Crippen MR) is 76.1 cm³/mol. The fraction of sp³-hybridized carbons (Fsp3) is 0.867. The van der Waals surface area contributed by atoms with E-state index in [-0.39, 0.29) is 24.3 Å². The summed E-state index contributed by atoms with van der Waals surface area (Å²) in [5, 5.41) is 8.70. The molecule has 0 radical (unpaired) electrons. The van der Waals surface area contributed by atoms with Gasteiger partial charge in [-0.2, -0.15) is 0 Å². The number of likely N-dealkylation sites (tertiary alicyclic amines) is 1. The van der Waals surface area contributed by atoms with E-state index in [4.69, 9.17) is 10.8 Å². The van der Waals surface area contributed by atoms with Crippen molar-refractivity contribution in [3.05, 3.63) is 0 Å². The molecule has 1 aliphatic heterocycles. The monoisotopic (exact) mass is 282 g/mol. The van der Waals surface area contributed by atoms with Crippen molar-refractivity contribution in [2.24, 2.45) is 17.6 Å². The predicted octanol–water partition coefficient (Wildman–Crippen LogP) is 1.61. The van der Waals surface area contributed by atoms with E-state index in [9.17, 15) is 9.59 Å². The minimum absolute atomic E-state index is 0.120. The van der Waals surface area contributed by atoms with Gasteiger partial charge in [0.1, 0.15) is 0 Å². The van der Waals surface area contributed by atoms with Crippen molar-refractivity contribution >= 4 is 11.9 Å². The summed E-state index contributed by atoms with van der Waals surface area (Å²) < 4.78 is 0. The molecule has 2 atom stereocenters. The van der Waals surface area contributed by atoms with Crippen LogP contribution in [-0.4, -0.2) is 41.0 Å². The van der Waals surface area contributed by atoms with E-state index in [2.05, 4.69) is 0 Å². The number of rotatable bonds is 4. The minimum Gasteiger partial charge on any atom is -0.481 e. The number of carboxylic acids is 1. The number of carbonyl (C=O) groups is 2. The lowest BCUT2D eigenvalue weighted by Gasteiger charge is -2.36. The summed E-state index contributed by atoms with van der Waals surface area (Å²) in [7, 11) is 0. The Hall–Kier alpha value is -1.10. The Morgan fingerprint density at radius 3 is 2.45 bits per heavy atom. The Kier molecular flexibility index (Phi) is 5.40. The van der Waals surface area contributed by atoms with Gasteiger partial charge in [0, 0.05) is 31.5 Å². The van der Waals surface area contributed by atoms with Crippen LogP contribution in [0, 0.1) is 11.8 Å². The molecule has 0 aromatic carbocycles. The lowest BCUT2D eigenvalue weighted by atomic mass is 9.84. The average Bonchev–Trinajstić information content (AvgIpc) is 2.45. The summed E-state index contributed by atoms with van der Waals surface area (Å²) in [6.07, 6.45) is 6.79. The van der Waals surface area contributed by atoms with Crippen LogP contribution in [0.2, 0.25) is 0 Å². The molecule has 0 aromatic heterocycles. The van der Waals surface area contributed by atoms with Crippen LogP contribution in [0.25, 0.3) is 0 Å². The smallest absolute Gasteiger partial charge is 0.303 e. The Morgan fingerprint density at radius 1 is 1.15 bits per heavy atom. The van der Waals surface area contributed by atoms with Crippen molar-refractivity contribution in [1.82, 2.24) is 4.90 Å². The largest absolute Gasteiger partial charge is 0.481 e. The fourth-order valence-electron chi connectivity index (χ4n) is 3.48. The molecule has 0 spiro atoms. The highest BCUT2D eigenvalue weighted by molar-refractivity contribution is 5.79. The van der Waals surface area contributed by atoms with Gasteiger partial charge in [-0.1, -0.05) is 6.42 Å². The molecule has 0 bridgehead atoms. The first-order chi connectivity index (χ1) is 9.56. The summed E-state index contributed by atoms with van der Waals surface area (Å²) in [5.41, 5.74) is 5.96. The van der Waals surface area contributed by atoms with Crippen molar-refractivity contribution in [1.29, 1.82) is 0 Å². The zero-order chi connectivity index (χ0) is 14.5. The highest BCUT2D eigenvalue weighted by Crippen LogP contribution is 2.28. The number of hydrogen-bond acceptors (Lipinski definition) is 3. The lowest BCUT2D eigenvalue weighted by Crippen LogP contribution is -2.44. The lowest BCUT2D eigenvalue weighted by molar-refractivity contribution is -0.139. The van der Waals surface area contributed by atoms with Gasteiger partial charge in [0.15, 0.2) is 0 Å². The molecule has 0 aromatic rings. The van der Waals surface area contributed by atoms with E-state index >= 15 is 0 Å². The van der Waals surface area contributed by atoms with Crippen LogP contribution in [0.1, 0.15) is 51.4 Å². The van der Waals surface area contributed by atoms with Crippen LogP contribution in [0.3, 0.4) is 0 Å². The number of carbonyl (C=O) groups excluding carboxylic acids is 1. The van der Waals surface area contributed by atoms with Gasteiger partial charge in [-0.15, -0.1) is 0 Å². The third-order valence-electron chi connectivity index (χ3n) is 4.76. The molecule has 5 heteroatoms. The molecule has 1 saturated heterocycles. The first-order valence-corrected chi connectivity index (χ1v) is 7.82. The van der Waals surface area contributed by atoms with Crippen molar-refractivity contribution in [3.63, 3.8) is 0 Å². The maximum atomic E-state index is 12.4. The summed E-state index contributed by atoms with van der Waals surface area (Å²) in [5.74, 6) is 0.134. The van der Waals surface area contributed by atoms with Crippen molar-refractivity contribution in [2.75, 3.05) is 13.1 Å². The molecule has 1 aliphatic carbocycles. The van der Waals surface area contributed by atoms with Crippen LogP contribution in [-0.2, 0) is 9.59 Å². The van der Waals surface area contributed by atoms with Gasteiger partial charge in [0.2, 0.25) is 5.91 Å². The highest BCUT2D eigenvalue weighted by atomic mass is 16.4. The molecule has 5 nitrogen and oxygen atoms in total. The average molecular weight is 282 g/mol. The number of aliphatic carboxylic acids is 1. The second-order valence-electron chi connectivity index (χ2n) is 6.32. The topological polar surface area (TPSA) is 83.6 Å². The van der Waals surface area contributed by atoms with Crippen LogP contribution < -0.4 is 5.73 Å². The molecule has 1 heterocycles. The third-order valence-corrected chi connectivity index (χ3v) is 4.76. The summed E-state index contributed by atoms with van der Waals surface area (Å²) in [4.78, 5) is 25.0. The standard InChI is InChI=1S/C15H26N2O3/c16-13-3-1-2-12(10-13)15(20)17-8-6-11(7-9-17)4-5-14(18)19/h11-13H,1-10,16H2,(H,18,19). The van der Waals surface area contributed by atoms with Crippen molar-refractivity contribution in [3.8, 4) is 0 Å². The third kappa shape index (κ3) is 4.20. The van der Waals surface area contributed by atoms with Gasteiger partial charge in [0.05, 0.1) is 0 Å². The molecular weight excluding hydrogens is 256 g/mol. The molecule has 20 heavy (non-hydrogen) atoms. The maximum absolute atomic E-state index is 12.4. The molecule has 1 saturated carbocycles. The van der Waals surface area contributed by atoms with E-state index in [0.29, 0.717) is 5.92 Å². The summed E-state index contributed by atoms with van der Waals surface area (Å²) >= 11 is 0. The Balaban J connectivity index is 1.75. The molecule has 2 rings (SSSR count). The van der Waals surface area contributed by atoms with E-state index < -0.39 is 5.97 Å². The Labute approximate surface area is 120 Å². The van der Waals surface area contributed by atoms with E-state index in [0.717, 1.165) is 58.0 Å². The van der Waals surface area contributed by atoms with Gasteiger partial charge in [-0.3, -0.25) is 9.59 Å². The van der Waals surface area contributed by atoms with Crippen LogP contribution in [0.4, 0.5) is 0 Å². The molecule has 2 aliphatic rings. The first kappa shape index (κ1) is 15.3. The summed E-state index contributed by atoms with van der Waals surface area (Å²) in [6.45, 7) is 1.57. The van der Waals surface area contributed by atoms with Crippen molar-refractivity contribution < 1.29 is 14.7 Å². The summed E-state index contributed by atoms with van der Waals surface area (Å²) in [6, 6.07) is 0.186. The van der Waals surface area contributed by atoms with E-state index in [1.165, 1.54) is 0 Å². The van der Waals surface area contributed by atoms with E-state index in [1.807, 2.05) is 4.90 Å². The molecule has 1 amide bonds.